The molecular formula is C21H8Cl4O7. The lowest BCUT2D eigenvalue weighted by molar-refractivity contribution is 0.0224. The Hall–Kier alpha value is -2.84. The van der Waals surface area contributed by atoms with E-state index >= 15 is 0 Å². The van der Waals surface area contributed by atoms with Gasteiger partial charge in [0.05, 0.1) is 32.3 Å². The maximum Gasteiger partial charge on any atom is 0.340 e. The van der Waals surface area contributed by atoms with Crippen molar-refractivity contribution >= 4 is 58.3 Å². The van der Waals surface area contributed by atoms with Crippen molar-refractivity contribution in [1.29, 1.82) is 0 Å². The highest BCUT2D eigenvalue weighted by Crippen LogP contribution is 2.62. The van der Waals surface area contributed by atoms with Crippen molar-refractivity contribution in [2.75, 3.05) is 0 Å². The van der Waals surface area contributed by atoms with Crippen molar-refractivity contribution in [1.82, 2.24) is 0 Å². The predicted octanol–water partition coefficient (Wildman–Crippen LogP) is 5.98. The van der Waals surface area contributed by atoms with E-state index < -0.39 is 29.0 Å². The zero-order chi connectivity index (χ0) is 23.1. The van der Waals surface area contributed by atoms with E-state index in [0.29, 0.717) is 0 Å². The highest BCUT2D eigenvalue weighted by molar-refractivity contribution is 6.39. The number of benzene rings is 3. The summed E-state index contributed by atoms with van der Waals surface area (Å²) in [6, 6.07) is 6.50. The van der Waals surface area contributed by atoms with Gasteiger partial charge in [0.1, 0.15) is 10.0 Å². The van der Waals surface area contributed by atoms with Gasteiger partial charge in [0.15, 0.2) is 28.6 Å². The first kappa shape index (κ1) is 21.0. The van der Waals surface area contributed by atoms with E-state index in [1.165, 1.54) is 30.3 Å². The maximum absolute atomic E-state index is 12.9. The summed E-state index contributed by atoms with van der Waals surface area (Å²) < 4.78 is 11.7. The fourth-order valence-corrected chi connectivity index (χ4v) is 4.94. The van der Waals surface area contributed by atoms with Gasteiger partial charge < -0.3 is 24.8 Å². The Bertz CT molecular complexity index is 1340. The Morgan fingerprint density at radius 3 is 1.88 bits per heavy atom. The number of ether oxygens (including phenoxy) is 2. The minimum Gasteiger partial charge on any atom is -0.505 e. The topological polar surface area (TPSA) is 113 Å². The van der Waals surface area contributed by atoms with Crippen LogP contribution in [0.15, 0.2) is 30.3 Å². The first-order chi connectivity index (χ1) is 15.1. The van der Waals surface area contributed by atoms with Gasteiger partial charge in [-0.1, -0.05) is 52.5 Å². The number of aromatic carboxylic acids is 1. The number of carbonyl (C=O) groups excluding carboxylic acids is 1. The van der Waals surface area contributed by atoms with Crippen LogP contribution in [-0.2, 0) is 10.3 Å². The lowest BCUT2D eigenvalue weighted by Gasteiger charge is -2.37. The first-order valence-corrected chi connectivity index (χ1v) is 10.3. The zero-order valence-electron chi connectivity index (χ0n) is 15.4. The highest BCUT2D eigenvalue weighted by atomic mass is 35.5. The van der Waals surface area contributed by atoms with Crippen molar-refractivity contribution < 1.29 is 34.4 Å². The van der Waals surface area contributed by atoms with E-state index in [0.717, 1.165) is 0 Å². The third-order valence-electron chi connectivity index (χ3n) is 5.37. The molecule has 5 rings (SSSR count). The van der Waals surface area contributed by atoms with Crippen molar-refractivity contribution in [3.05, 3.63) is 78.2 Å². The van der Waals surface area contributed by atoms with Crippen molar-refractivity contribution in [2.24, 2.45) is 0 Å². The molecule has 0 aromatic heterocycles. The van der Waals surface area contributed by atoms with Crippen molar-refractivity contribution in [3.63, 3.8) is 0 Å². The number of carboxylic acid groups (broad SMARTS) is 1. The molecule has 11 heteroatoms. The number of fused-ring (bicyclic) bond motifs is 6. The number of halogens is 4. The van der Waals surface area contributed by atoms with Crippen molar-refractivity contribution in [2.45, 2.75) is 5.60 Å². The minimum atomic E-state index is -1.76. The molecule has 0 saturated heterocycles. The van der Waals surface area contributed by atoms with Crippen LogP contribution in [0.1, 0.15) is 37.4 Å². The van der Waals surface area contributed by atoms with Gasteiger partial charge in [-0.2, -0.15) is 0 Å². The molecule has 0 radical (unpaired) electrons. The van der Waals surface area contributed by atoms with Crippen LogP contribution < -0.4 is 4.74 Å². The molecule has 2 aliphatic rings. The van der Waals surface area contributed by atoms with Crippen LogP contribution in [0.4, 0.5) is 0 Å². The van der Waals surface area contributed by atoms with E-state index in [1.54, 1.807) is 0 Å². The molecule has 0 unspecified atom stereocenters. The van der Waals surface area contributed by atoms with Gasteiger partial charge in [-0.3, -0.25) is 0 Å². The van der Waals surface area contributed by atoms with Crippen LogP contribution in [-0.4, -0.2) is 27.3 Å². The molecular weight excluding hydrogens is 506 g/mol. The number of hydrogen-bond acceptors (Lipinski definition) is 6. The second-order valence-electron chi connectivity index (χ2n) is 7.03. The molecule has 162 valence electrons. The summed E-state index contributed by atoms with van der Waals surface area (Å²) in [6.45, 7) is 0. The lowest BCUT2D eigenvalue weighted by Crippen LogP contribution is -2.33. The van der Waals surface area contributed by atoms with Crippen LogP contribution in [0.25, 0.3) is 0 Å². The van der Waals surface area contributed by atoms with Crippen LogP contribution in [0.2, 0.25) is 20.1 Å². The molecule has 2 heterocycles. The number of carbonyl (C=O) groups is 2. The van der Waals surface area contributed by atoms with Gasteiger partial charge in [0.25, 0.3) is 0 Å². The van der Waals surface area contributed by atoms with Crippen LogP contribution >= 0.6 is 46.4 Å². The Balaban J connectivity index is 1.95. The molecule has 0 bridgehead atoms. The second-order valence-corrected chi connectivity index (χ2v) is 8.60. The molecule has 0 fully saturated rings. The SMILES string of the molecule is O=C(O)c1ccc2c(c1)C(=O)OC21c2cc(Cl)c(O)c(Cl)c2Oc2c1cc(Cl)c(O)c2Cl. The largest absolute Gasteiger partial charge is 0.505 e. The lowest BCUT2D eigenvalue weighted by atomic mass is 9.77. The van der Waals surface area contributed by atoms with E-state index in [4.69, 9.17) is 55.9 Å². The maximum atomic E-state index is 12.9. The predicted molar refractivity (Wildman–Crippen MR) is 115 cm³/mol. The molecule has 7 nitrogen and oxygen atoms in total. The van der Waals surface area contributed by atoms with Gasteiger partial charge in [0, 0.05) is 5.56 Å². The fourth-order valence-electron chi connectivity index (χ4n) is 3.95. The third-order valence-corrected chi connectivity index (χ3v) is 6.65. The number of phenols is 2. The molecule has 0 saturated carbocycles. The quantitative estimate of drug-likeness (QED) is 0.343. The van der Waals surface area contributed by atoms with E-state index in [9.17, 15) is 24.9 Å². The second kappa shape index (κ2) is 6.83. The molecule has 3 N–H and O–H groups in total. The molecule has 0 atom stereocenters. The van der Waals surface area contributed by atoms with Gasteiger partial charge >= 0.3 is 11.9 Å². The van der Waals surface area contributed by atoms with E-state index in [-0.39, 0.29) is 59.4 Å². The standard InChI is InChI=1S/C21H8Cl4O7/c22-11-4-9-17(13(24)15(11)26)31-18-10(5-12(23)16(27)14(18)25)21(9)8-2-1-6(19(28)29)3-7(8)20(30)32-21/h1-5,26-27H,(H,28,29). The summed E-state index contributed by atoms with van der Waals surface area (Å²) in [5.41, 5.74) is -1.38. The Morgan fingerprint density at radius 2 is 1.38 bits per heavy atom. The smallest absolute Gasteiger partial charge is 0.340 e. The van der Waals surface area contributed by atoms with Crippen LogP contribution in [0.5, 0.6) is 23.0 Å². The Labute approximate surface area is 199 Å². The number of carboxylic acids is 1. The highest BCUT2D eigenvalue weighted by Gasteiger charge is 2.55. The zero-order valence-corrected chi connectivity index (χ0v) is 18.4. The number of rotatable bonds is 1. The summed E-state index contributed by atoms with van der Waals surface area (Å²) in [6.07, 6.45) is 0. The summed E-state index contributed by atoms with van der Waals surface area (Å²) >= 11 is 24.9. The molecule has 2 aliphatic heterocycles. The Kier molecular flexibility index (Phi) is 4.49. The molecule has 3 aromatic rings. The van der Waals surface area contributed by atoms with Crippen LogP contribution in [0.3, 0.4) is 0 Å². The van der Waals surface area contributed by atoms with Gasteiger partial charge in [-0.05, 0) is 24.3 Å². The average Bonchev–Trinajstić information content (AvgIpc) is 3.05. The summed E-state index contributed by atoms with van der Waals surface area (Å²) in [5, 5.41) is 28.9. The average molecular weight is 514 g/mol. The number of esters is 1. The number of phenolic OH excluding ortho intramolecular Hbond substituents is 2. The van der Waals surface area contributed by atoms with Crippen LogP contribution in [0, 0.1) is 0 Å². The molecule has 1 spiro atoms. The third kappa shape index (κ3) is 2.56. The summed E-state index contributed by atoms with van der Waals surface area (Å²) in [7, 11) is 0. The first-order valence-electron chi connectivity index (χ1n) is 8.79. The van der Waals surface area contributed by atoms with E-state index in [1.807, 2.05) is 0 Å². The molecule has 0 amide bonds. The molecule has 32 heavy (non-hydrogen) atoms. The normalized spacial score (nSPS) is 14.9. The van der Waals surface area contributed by atoms with E-state index in [2.05, 4.69) is 0 Å². The Morgan fingerprint density at radius 1 is 0.844 bits per heavy atom. The summed E-state index contributed by atoms with van der Waals surface area (Å²) in [5.74, 6) is -3.26. The van der Waals surface area contributed by atoms with Gasteiger partial charge in [-0.15, -0.1) is 0 Å². The van der Waals surface area contributed by atoms with Crippen molar-refractivity contribution in [3.8, 4) is 23.0 Å². The monoisotopic (exact) mass is 512 g/mol. The summed E-state index contributed by atoms with van der Waals surface area (Å²) in [4.78, 5) is 24.3. The van der Waals surface area contributed by atoms with Gasteiger partial charge in [-0.25, -0.2) is 9.59 Å². The number of hydrogen-bond donors (Lipinski definition) is 3. The fraction of sp³-hybridized carbons (Fsp3) is 0.0476. The molecule has 0 aliphatic carbocycles. The molecule has 3 aromatic carbocycles. The number of aromatic hydroxyl groups is 2. The van der Waals surface area contributed by atoms with Gasteiger partial charge in [0.2, 0.25) is 0 Å². The minimum absolute atomic E-state index is 0.0238.